The van der Waals surface area contributed by atoms with E-state index < -0.39 is 0 Å². The topological polar surface area (TPSA) is 58.6 Å². The molecule has 1 fully saturated rings. The number of ether oxygens (including phenoxy) is 1. The Bertz CT molecular complexity index is 872. The average molecular weight is 378 g/mol. The van der Waals surface area contributed by atoms with Gasteiger partial charge in [-0.2, -0.15) is 0 Å². The van der Waals surface area contributed by atoms with Crippen molar-refractivity contribution in [2.75, 3.05) is 23.4 Å². The van der Waals surface area contributed by atoms with Crippen molar-refractivity contribution in [1.82, 2.24) is 0 Å². The molecule has 2 aromatic carbocycles. The molecule has 0 bridgehead atoms. The molecule has 1 heterocycles. The number of hydrogen-bond acceptors (Lipinski definition) is 3. The van der Waals surface area contributed by atoms with E-state index in [1.807, 2.05) is 56.3 Å². The molecule has 0 radical (unpaired) electrons. The minimum Gasteiger partial charge on any atom is -0.491 e. The van der Waals surface area contributed by atoms with Gasteiger partial charge in [0.05, 0.1) is 12.3 Å². The zero-order chi connectivity index (χ0) is 19.9. The maximum atomic E-state index is 12.3. The summed E-state index contributed by atoms with van der Waals surface area (Å²) in [7, 11) is 0. The van der Waals surface area contributed by atoms with Crippen LogP contribution in [0.25, 0.3) is 6.08 Å². The van der Waals surface area contributed by atoms with E-state index in [9.17, 15) is 9.59 Å². The van der Waals surface area contributed by atoms with Crippen LogP contribution in [0.2, 0.25) is 0 Å². The third-order valence-electron chi connectivity index (χ3n) is 4.56. The van der Waals surface area contributed by atoms with Gasteiger partial charge < -0.3 is 15.0 Å². The Morgan fingerprint density at radius 3 is 2.68 bits per heavy atom. The Labute approximate surface area is 166 Å². The van der Waals surface area contributed by atoms with Gasteiger partial charge in [0.15, 0.2) is 0 Å². The van der Waals surface area contributed by atoms with E-state index in [0.29, 0.717) is 24.5 Å². The maximum absolute atomic E-state index is 12.3. The Hall–Kier alpha value is -3.08. The number of nitrogens with one attached hydrogen (secondary N) is 1. The number of carbonyl (C=O) groups excluding carboxylic acids is 2. The molecule has 1 N–H and O–H groups in total. The summed E-state index contributed by atoms with van der Waals surface area (Å²) in [5.74, 6) is 0.633. The predicted molar refractivity (Wildman–Crippen MR) is 113 cm³/mol. The fourth-order valence-electron chi connectivity index (χ4n) is 3.10. The summed E-state index contributed by atoms with van der Waals surface area (Å²) in [6.07, 6.45) is 5.68. The van der Waals surface area contributed by atoms with Gasteiger partial charge in [-0.3, -0.25) is 9.59 Å². The standard InChI is InChI=1S/C23H26N2O3/c1-3-15-28-21-16-17(2)6-12-20(21)24-22(26)13-9-18-7-10-19(11-8-18)25-14-4-5-23(25)27/h6-13,16H,3-5,14-15H2,1-2H3,(H,24,26). The average Bonchev–Trinajstić information content (AvgIpc) is 3.13. The lowest BCUT2D eigenvalue weighted by molar-refractivity contribution is -0.117. The quantitative estimate of drug-likeness (QED) is 0.719. The van der Waals surface area contributed by atoms with Crippen molar-refractivity contribution in [3.63, 3.8) is 0 Å². The van der Waals surface area contributed by atoms with Crippen LogP contribution >= 0.6 is 0 Å². The summed E-state index contributed by atoms with van der Waals surface area (Å²) >= 11 is 0. The summed E-state index contributed by atoms with van der Waals surface area (Å²) in [5.41, 5.74) is 3.55. The summed E-state index contributed by atoms with van der Waals surface area (Å²) in [6.45, 7) is 5.41. The highest BCUT2D eigenvalue weighted by atomic mass is 16.5. The first-order valence-corrected chi connectivity index (χ1v) is 9.70. The second-order valence-corrected chi connectivity index (χ2v) is 6.91. The van der Waals surface area contributed by atoms with Gasteiger partial charge >= 0.3 is 0 Å². The van der Waals surface area contributed by atoms with Gasteiger partial charge in [0.1, 0.15) is 5.75 Å². The third-order valence-corrected chi connectivity index (χ3v) is 4.56. The molecule has 5 nitrogen and oxygen atoms in total. The van der Waals surface area contributed by atoms with Gasteiger partial charge in [0.2, 0.25) is 11.8 Å². The molecule has 0 atom stereocenters. The molecule has 0 aliphatic carbocycles. The van der Waals surface area contributed by atoms with E-state index in [4.69, 9.17) is 4.74 Å². The van der Waals surface area contributed by atoms with Crippen molar-refractivity contribution in [2.24, 2.45) is 0 Å². The van der Waals surface area contributed by atoms with Crippen LogP contribution in [0.4, 0.5) is 11.4 Å². The zero-order valence-electron chi connectivity index (χ0n) is 16.4. The van der Waals surface area contributed by atoms with Gasteiger partial charge in [-0.15, -0.1) is 0 Å². The summed E-state index contributed by atoms with van der Waals surface area (Å²) in [4.78, 5) is 25.9. The van der Waals surface area contributed by atoms with E-state index in [1.54, 1.807) is 11.0 Å². The molecule has 1 saturated heterocycles. The number of anilines is 2. The highest BCUT2D eigenvalue weighted by molar-refractivity contribution is 6.03. The number of amides is 2. The first-order valence-electron chi connectivity index (χ1n) is 9.70. The van der Waals surface area contributed by atoms with Crippen molar-refractivity contribution >= 4 is 29.3 Å². The Morgan fingerprint density at radius 2 is 2.00 bits per heavy atom. The van der Waals surface area contributed by atoms with Crippen LogP contribution in [0, 0.1) is 6.92 Å². The Morgan fingerprint density at radius 1 is 1.21 bits per heavy atom. The third kappa shape index (κ3) is 5.00. The van der Waals surface area contributed by atoms with Crippen molar-refractivity contribution in [3.05, 3.63) is 59.7 Å². The molecule has 3 rings (SSSR count). The number of rotatable bonds is 7. The summed E-state index contributed by atoms with van der Waals surface area (Å²) < 4.78 is 5.73. The largest absolute Gasteiger partial charge is 0.491 e. The van der Waals surface area contributed by atoms with Crippen molar-refractivity contribution in [1.29, 1.82) is 0 Å². The lowest BCUT2D eigenvalue weighted by Gasteiger charge is -2.15. The number of nitrogens with zero attached hydrogens (tertiary/aromatic N) is 1. The number of aryl methyl sites for hydroxylation is 1. The zero-order valence-corrected chi connectivity index (χ0v) is 16.4. The summed E-state index contributed by atoms with van der Waals surface area (Å²) in [6, 6.07) is 13.4. The van der Waals surface area contributed by atoms with Crippen LogP contribution in [-0.4, -0.2) is 25.0 Å². The highest BCUT2D eigenvalue weighted by Crippen LogP contribution is 2.26. The minimum atomic E-state index is -0.219. The van der Waals surface area contributed by atoms with Gasteiger partial charge in [-0.1, -0.05) is 25.1 Å². The Kier molecular flexibility index (Phi) is 6.48. The molecule has 1 aliphatic rings. The second-order valence-electron chi connectivity index (χ2n) is 6.91. The van der Waals surface area contributed by atoms with Gasteiger partial charge in [-0.05, 0) is 61.2 Å². The van der Waals surface area contributed by atoms with Crippen LogP contribution in [0.15, 0.2) is 48.5 Å². The van der Waals surface area contributed by atoms with Crippen LogP contribution in [-0.2, 0) is 9.59 Å². The van der Waals surface area contributed by atoms with Crippen LogP contribution in [0.3, 0.4) is 0 Å². The first-order chi connectivity index (χ1) is 13.6. The molecule has 2 amide bonds. The van der Waals surface area contributed by atoms with Crippen molar-refractivity contribution < 1.29 is 14.3 Å². The van der Waals surface area contributed by atoms with E-state index in [1.165, 1.54) is 6.08 Å². The SMILES string of the molecule is CCCOc1cc(C)ccc1NC(=O)C=Cc1ccc(N2CCCC2=O)cc1. The summed E-state index contributed by atoms with van der Waals surface area (Å²) in [5, 5.41) is 2.88. The van der Waals surface area contributed by atoms with Crippen molar-refractivity contribution in [2.45, 2.75) is 33.1 Å². The highest BCUT2D eigenvalue weighted by Gasteiger charge is 2.21. The molecule has 0 unspecified atom stereocenters. The van der Waals surface area contributed by atoms with E-state index in [0.717, 1.165) is 36.2 Å². The van der Waals surface area contributed by atoms with Crippen molar-refractivity contribution in [3.8, 4) is 5.75 Å². The first kappa shape index (κ1) is 19.7. The smallest absolute Gasteiger partial charge is 0.248 e. The predicted octanol–water partition coefficient (Wildman–Crippen LogP) is 4.56. The number of benzene rings is 2. The van der Waals surface area contributed by atoms with Gasteiger partial charge in [0, 0.05) is 24.7 Å². The molecule has 28 heavy (non-hydrogen) atoms. The van der Waals surface area contributed by atoms with Crippen LogP contribution in [0.1, 0.15) is 37.3 Å². The maximum Gasteiger partial charge on any atom is 0.248 e. The number of carbonyl (C=O) groups is 2. The van der Waals surface area contributed by atoms with Crippen LogP contribution < -0.4 is 15.0 Å². The van der Waals surface area contributed by atoms with Gasteiger partial charge in [0.25, 0.3) is 0 Å². The molecule has 2 aromatic rings. The normalized spacial score (nSPS) is 13.9. The molecule has 1 aliphatic heterocycles. The number of hydrogen-bond donors (Lipinski definition) is 1. The second kappa shape index (κ2) is 9.22. The van der Waals surface area contributed by atoms with E-state index in [2.05, 4.69) is 5.32 Å². The molecule has 0 saturated carbocycles. The van der Waals surface area contributed by atoms with Crippen LogP contribution in [0.5, 0.6) is 5.75 Å². The molecular weight excluding hydrogens is 352 g/mol. The van der Waals surface area contributed by atoms with Gasteiger partial charge in [-0.25, -0.2) is 0 Å². The minimum absolute atomic E-state index is 0.168. The molecule has 5 heteroatoms. The fourth-order valence-corrected chi connectivity index (χ4v) is 3.10. The molecular formula is C23H26N2O3. The fraction of sp³-hybridized carbons (Fsp3) is 0.304. The lowest BCUT2D eigenvalue weighted by atomic mass is 10.1. The molecule has 0 spiro atoms. The Balaban J connectivity index is 1.63. The monoisotopic (exact) mass is 378 g/mol. The lowest BCUT2D eigenvalue weighted by Crippen LogP contribution is -2.23. The molecule has 146 valence electrons. The molecule has 0 aromatic heterocycles. The van der Waals surface area contributed by atoms with E-state index >= 15 is 0 Å². The van der Waals surface area contributed by atoms with E-state index in [-0.39, 0.29) is 11.8 Å².